The fourth-order valence-corrected chi connectivity index (χ4v) is 2.40. The number of guanidine groups is 1. The van der Waals surface area contributed by atoms with Crippen molar-refractivity contribution in [1.82, 2.24) is 15.6 Å². The molecule has 0 radical (unpaired) electrons. The van der Waals surface area contributed by atoms with Gasteiger partial charge in [-0.2, -0.15) is 13.2 Å². The van der Waals surface area contributed by atoms with Crippen molar-refractivity contribution in [3.05, 3.63) is 16.1 Å². The van der Waals surface area contributed by atoms with Gasteiger partial charge in [-0.3, -0.25) is 4.99 Å². The molecule has 2 N–H and O–H groups in total. The van der Waals surface area contributed by atoms with Crippen LogP contribution in [0.15, 0.2) is 10.4 Å². The molecule has 1 aromatic rings. The Labute approximate surface area is 160 Å². The molecule has 0 saturated carbocycles. The van der Waals surface area contributed by atoms with Crippen molar-refractivity contribution in [2.75, 3.05) is 19.8 Å². The molecule has 12 heteroatoms. The first-order valence-electron chi connectivity index (χ1n) is 6.52. The molecule has 24 heavy (non-hydrogen) atoms. The van der Waals surface area contributed by atoms with E-state index in [2.05, 4.69) is 20.6 Å². The number of thiazole rings is 1. The first kappa shape index (κ1) is 23.4. The van der Waals surface area contributed by atoms with E-state index in [1.807, 2.05) is 0 Å². The molecule has 0 bridgehead atoms. The molecule has 1 heterocycles. The van der Waals surface area contributed by atoms with Gasteiger partial charge < -0.3 is 10.6 Å². The second kappa shape index (κ2) is 8.65. The van der Waals surface area contributed by atoms with E-state index in [0.29, 0.717) is 0 Å². The van der Waals surface area contributed by atoms with Crippen LogP contribution in [0, 0.1) is 0 Å². The third-order valence-electron chi connectivity index (χ3n) is 3.16. The summed E-state index contributed by atoms with van der Waals surface area (Å²) >= 11 is 0.885. The van der Waals surface area contributed by atoms with Gasteiger partial charge in [-0.15, -0.1) is 35.3 Å². The summed E-state index contributed by atoms with van der Waals surface area (Å²) in [6, 6.07) is 0. The lowest BCUT2D eigenvalue weighted by Gasteiger charge is -2.24. The van der Waals surface area contributed by atoms with Crippen LogP contribution in [0.5, 0.6) is 0 Å². The second-order valence-corrected chi connectivity index (χ2v) is 9.03. The average Bonchev–Trinajstić information content (AvgIpc) is 2.86. The summed E-state index contributed by atoms with van der Waals surface area (Å²) < 4.78 is 59.6. The number of aliphatic imine (C=N–C) groups is 1. The number of hydrogen-bond acceptors (Lipinski definition) is 5. The molecular formula is C12H20F3IN4O2S2. The third kappa shape index (κ3) is 6.70. The van der Waals surface area contributed by atoms with Crippen molar-refractivity contribution in [3.63, 3.8) is 0 Å². The summed E-state index contributed by atoms with van der Waals surface area (Å²) in [4.78, 5) is 7.39. The van der Waals surface area contributed by atoms with E-state index < -0.39 is 26.5 Å². The van der Waals surface area contributed by atoms with Gasteiger partial charge in [0.25, 0.3) is 0 Å². The molecule has 0 aliphatic heterocycles. The molecule has 6 nitrogen and oxygen atoms in total. The van der Waals surface area contributed by atoms with Gasteiger partial charge in [0.05, 0.1) is 11.3 Å². The van der Waals surface area contributed by atoms with Crippen LogP contribution < -0.4 is 10.6 Å². The maximum atomic E-state index is 12.5. The van der Waals surface area contributed by atoms with Gasteiger partial charge in [-0.1, -0.05) is 0 Å². The highest BCUT2D eigenvalue weighted by atomic mass is 127. The number of halogens is 4. The highest BCUT2D eigenvalue weighted by molar-refractivity contribution is 14.0. The molecule has 140 valence electrons. The largest absolute Gasteiger partial charge is 0.434 e. The summed E-state index contributed by atoms with van der Waals surface area (Å²) in [5.74, 6) is 0.283. The molecule has 0 aliphatic rings. The number of nitrogens with one attached hydrogen (secondary N) is 2. The summed E-state index contributed by atoms with van der Waals surface area (Å²) in [5, 5.41) is 6.83. The maximum absolute atomic E-state index is 12.5. The van der Waals surface area contributed by atoms with Gasteiger partial charge >= 0.3 is 6.18 Å². The van der Waals surface area contributed by atoms with E-state index in [1.165, 1.54) is 7.05 Å². The van der Waals surface area contributed by atoms with Crippen molar-refractivity contribution in [1.29, 1.82) is 0 Å². The predicted octanol–water partition coefficient (Wildman–Crippen LogP) is 2.27. The number of alkyl halides is 3. The normalized spacial score (nSPS) is 13.4. The van der Waals surface area contributed by atoms with Crippen LogP contribution in [0.25, 0.3) is 0 Å². The van der Waals surface area contributed by atoms with Crippen LogP contribution in [-0.4, -0.2) is 44.0 Å². The molecule has 0 amide bonds. The lowest BCUT2D eigenvalue weighted by molar-refractivity contribution is -0.140. The SMILES string of the molecule is CN=C(NCc1nc(C(F)(F)F)cs1)NCC(C)(C)S(C)(=O)=O.I. The van der Waals surface area contributed by atoms with E-state index in [1.54, 1.807) is 13.8 Å². The van der Waals surface area contributed by atoms with Crippen LogP contribution in [0.3, 0.4) is 0 Å². The Balaban J connectivity index is 0.00000529. The zero-order valence-electron chi connectivity index (χ0n) is 13.6. The number of hydrogen-bond donors (Lipinski definition) is 2. The van der Waals surface area contributed by atoms with Gasteiger partial charge in [0.1, 0.15) is 5.01 Å². The lowest BCUT2D eigenvalue weighted by atomic mass is 10.2. The first-order chi connectivity index (χ1) is 10.4. The molecule has 1 rings (SSSR count). The van der Waals surface area contributed by atoms with Gasteiger partial charge in [0, 0.05) is 25.2 Å². The van der Waals surface area contributed by atoms with Crippen LogP contribution in [0.4, 0.5) is 13.2 Å². The van der Waals surface area contributed by atoms with Gasteiger partial charge in [0.2, 0.25) is 0 Å². The van der Waals surface area contributed by atoms with Crippen LogP contribution in [0.2, 0.25) is 0 Å². The Hall–Kier alpha value is -0.630. The quantitative estimate of drug-likeness (QED) is 0.369. The predicted molar refractivity (Wildman–Crippen MR) is 99.7 cm³/mol. The molecule has 0 aliphatic carbocycles. The van der Waals surface area contributed by atoms with Gasteiger partial charge in [-0.05, 0) is 13.8 Å². The number of rotatable bonds is 5. The molecule has 0 aromatic carbocycles. The molecule has 0 saturated heterocycles. The van der Waals surface area contributed by atoms with Gasteiger partial charge in [-0.25, -0.2) is 13.4 Å². The standard InChI is InChI=1S/C12H19F3N4O2S2.HI/c1-11(2,23(4,20)21)7-18-10(16-3)17-5-9-19-8(6-22-9)12(13,14)15;/h6H,5,7H2,1-4H3,(H2,16,17,18);1H. The van der Waals surface area contributed by atoms with Crippen molar-refractivity contribution in [2.24, 2.45) is 4.99 Å². The fourth-order valence-electron chi connectivity index (χ4n) is 1.33. The van der Waals surface area contributed by atoms with Crippen LogP contribution >= 0.6 is 35.3 Å². The Morgan fingerprint density at radius 2 is 1.92 bits per heavy atom. The summed E-state index contributed by atoms with van der Waals surface area (Å²) in [6.45, 7) is 3.30. The number of nitrogens with zero attached hydrogens (tertiary/aromatic N) is 2. The number of aromatic nitrogens is 1. The monoisotopic (exact) mass is 500 g/mol. The Bertz CT molecular complexity index is 672. The minimum Gasteiger partial charge on any atom is -0.355 e. The highest BCUT2D eigenvalue weighted by Crippen LogP contribution is 2.29. The molecule has 1 aromatic heterocycles. The van der Waals surface area contributed by atoms with E-state index in [0.717, 1.165) is 23.0 Å². The van der Waals surface area contributed by atoms with Gasteiger partial charge in [0.15, 0.2) is 21.5 Å². The van der Waals surface area contributed by atoms with Crippen molar-refractivity contribution >= 4 is 51.1 Å². The van der Waals surface area contributed by atoms with Crippen molar-refractivity contribution in [2.45, 2.75) is 31.3 Å². The molecular weight excluding hydrogens is 480 g/mol. The molecule has 0 atom stereocenters. The topological polar surface area (TPSA) is 83.4 Å². The Kier molecular flexibility index (Phi) is 8.42. The minimum absolute atomic E-state index is 0. The Morgan fingerprint density at radius 3 is 2.33 bits per heavy atom. The van der Waals surface area contributed by atoms with E-state index >= 15 is 0 Å². The zero-order chi connectivity index (χ0) is 17.9. The third-order valence-corrected chi connectivity index (χ3v) is 6.16. The summed E-state index contributed by atoms with van der Waals surface area (Å²) in [6.07, 6.45) is -3.33. The zero-order valence-corrected chi connectivity index (χ0v) is 17.5. The molecule has 0 unspecified atom stereocenters. The van der Waals surface area contributed by atoms with E-state index in [9.17, 15) is 21.6 Å². The van der Waals surface area contributed by atoms with Crippen molar-refractivity contribution < 1.29 is 21.6 Å². The summed E-state index contributed by atoms with van der Waals surface area (Å²) in [7, 11) is -1.79. The van der Waals surface area contributed by atoms with Crippen LogP contribution in [-0.2, 0) is 22.6 Å². The van der Waals surface area contributed by atoms with E-state index in [4.69, 9.17) is 0 Å². The average molecular weight is 500 g/mol. The summed E-state index contributed by atoms with van der Waals surface area (Å²) in [5.41, 5.74) is -0.930. The molecule has 0 fully saturated rings. The highest BCUT2D eigenvalue weighted by Gasteiger charge is 2.33. The molecule has 0 spiro atoms. The Morgan fingerprint density at radius 1 is 1.33 bits per heavy atom. The number of sulfone groups is 1. The van der Waals surface area contributed by atoms with Crippen molar-refractivity contribution in [3.8, 4) is 0 Å². The maximum Gasteiger partial charge on any atom is 0.434 e. The second-order valence-electron chi connectivity index (χ2n) is 5.44. The first-order valence-corrected chi connectivity index (χ1v) is 9.29. The van der Waals surface area contributed by atoms with Crippen LogP contribution in [0.1, 0.15) is 24.5 Å². The smallest absolute Gasteiger partial charge is 0.355 e. The van der Waals surface area contributed by atoms with E-state index in [-0.39, 0.29) is 48.0 Å². The lowest BCUT2D eigenvalue weighted by Crippen LogP contribution is -2.47. The fraction of sp³-hybridized carbons (Fsp3) is 0.667. The minimum atomic E-state index is -4.46.